The summed E-state index contributed by atoms with van der Waals surface area (Å²) in [5.74, 6) is -0.141. The highest BCUT2D eigenvalue weighted by Gasteiger charge is 2.26. The zero-order chi connectivity index (χ0) is 11.3. The minimum absolute atomic E-state index is 0. The molecule has 0 unspecified atom stereocenters. The summed E-state index contributed by atoms with van der Waals surface area (Å²) in [6, 6.07) is 0. The Morgan fingerprint density at radius 1 is 1.44 bits per heavy atom. The highest BCUT2D eigenvalue weighted by atomic mass is 16.5. The van der Waals surface area contributed by atoms with Gasteiger partial charge in [-0.05, 0) is 12.8 Å². The van der Waals surface area contributed by atoms with Gasteiger partial charge >= 0.3 is 6.09 Å². The fourth-order valence-electron chi connectivity index (χ4n) is 1.62. The van der Waals surface area contributed by atoms with E-state index in [4.69, 9.17) is 9.84 Å². The summed E-state index contributed by atoms with van der Waals surface area (Å²) in [6.07, 6.45) is 0.259. The molecule has 2 N–H and O–H groups in total. The number of piperidine rings is 1. The van der Waals surface area contributed by atoms with Crippen molar-refractivity contribution in [2.24, 2.45) is 5.92 Å². The van der Waals surface area contributed by atoms with E-state index in [2.05, 4.69) is 5.32 Å². The van der Waals surface area contributed by atoms with Crippen LogP contribution in [0.3, 0.4) is 0 Å². The van der Waals surface area contributed by atoms with Crippen molar-refractivity contribution in [2.45, 2.75) is 12.8 Å². The number of nitrogens with one attached hydrogen (secondary N) is 1. The third-order valence-electron chi connectivity index (χ3n) is 2.53. The van der Waals surface area contributed by atoms with Crippen molar-refractivity contribution >= 4 is 12.0 Å². The van der Waals surface area contributed by atoms with E-state index in [-0.39, 0.29) is 24.7 Å². The molecule has 0 aromatic heterocycles. The Bertz CT molecular complexity index is 239. The van der Waals surface area contributed by atoms with Gasteiger partial charge in [0, 0.05) is 32.3 Å². The third kappa shape index (κ3) is 4.03. The van der Waals surface area contributed by atoms with Gasteiger partial charge in [0.2, 0.25) is 5.91 Å². The fourth-order valence-corrected chi connectivity index (χ4v) is 1.62. The summed E-state index contributed by atoms with van der Waals surface area (Å²) in [5.41, 5.74) is 0. The normalized spacial score (nSPS) is 16.4. The lowest BCUT2D eigenvalue weighted by atomic mass is 9.96. The summed E-state index contributed by atoms with van der Waals surface area (Å²) < 4.78 is 4.73. The fraction of sp³-hybridized carbons (Fsp3) is 0.778. The lowest BCUT2D eigenvalue weighted by Crippen LogP contribution is -2.42. The molecule has 0 atom stereocenters. The number of carboxylic acid groups (broad SMARTS) is 1. The molecule has 0 aromatic carbocycles. The standard InChI is InChI=1S/C9H16N2O4.N/c1-15-6-10-8(12)7-2-4-11(5-3-7)9(13)14;/h7H,2-6H2,1H3,(H,10,12)(H,13,14);. The molecular weight excluding hydrogens is 214 g/mol. The molecule has 1 heterocycles. The number of nitrogens with zero attached hydrogens (tertiary/aromatic N) is 2. The SMILES string of the molecule is COCNC(=O)C1CCN(C(=O)O)CC1.[N]. The summed E-state index contributed by atoms with van der Waals surface area (Å²) in [6.45, 7) is 1.07. The molecule has 1 rings (SSSR count). The molecule has 16 heavy (non-hydrogen) atoms. The number of likely N-dealkylation sites (tertiary alicyclic amines) is 1. The molecule has 0 bridgehead atoms. The van der Waals surface area contributed by atoms with E-state index in [9.17, 15) is 9.59 Å². The lowest BCUT2D eigenvalue weighted by Gasteiger charge is -2.29. The predicted octanol–water partition coefficient (Wildman–Crippen LogP) is -0.384. The van der Waals surface area contributed by atoms with Crippen LogP contribution in [0.1, 0.15) is 12.8 Å². The van der Waals surface area contributed by atoms with E-state index in [0.29, 0.717) is 25.9 Å². The van der Waals surface area contributed by atoms with Gasteiger partial charge in [0.25, 0.3) is 0 Å². The average Bonchev–Trinajstić information content (AvgIpc) is 2.26. The monoisotopic (exact) mass is 230 g/mol. The van der Waals surface area contributed by atoms with Crippen molar-refractivity contribution in [3.63, 3.8) is 0 Å². The topological polar surface area (TPSA) is 109 Å². The van der Waals surface area contributed by atoms with Crippen LogP contribution in [0.25, 0.3) is 0 Å². The Balaban J connectivity index is 0.00000225. The number of amides is 2. The molecule has 91 valence electrons. The summed E-state index contributed by atoms with van der Waals surface area (Å²) in [5, 5.41) is 11.3. The lowest BCUT2D eigenvalue weighted by molar-refractivity contribution is -0.127. The molecule has 1 saturated heterocycles. The van der Waals surface area contributed by atoms with Crippen molar-refractivity contribution in [1.29, 1.82) is 0 Å². The molecule has 7 heteroatoms. The first-order valence-electron chi connectivity index (χ1n) is 4.89. The maximum atomic E-state index is 11.5. The van der Waals surface area contributed by atoms with Gasteiger partial charge in [-0.3, -0.25) is 4.79 Å². The first kappa shape index (κ1) is 14.7. The van der Waals surface area contributed by atoms with Crippen LogP contribution in [-0.4, -0.2) is 48.9 Å². The van der Waals surface area contributed by atoms with Crippen molar-refractivity contribution in [1.82, 2.24) is 16.4 Å². The molecule has 7 nitrogen and oxygen atoms in total. The van der Waals surface area contributed by atoms with Crippen LogP contribution in [0, 0.1) is 5.92 Å². The Hall–Kier alpha value is -1.34. The molecule has 0 saturated carbocycles. The molecule has 0 spiro atoms. The minimum Gasteiger partial charge on any atom is -0.465 e. The summed E-state index contributed by atoms with van der Waals surface area (Å²) >= 11 is 0. The second kappa shape index (κ2) is 7.02. The highest BCUT2D eigenvalue weighted by Crippen LogP contribution is 2.17. The highest BCUT2D eigenvalue weighted by molar-refractivity contribution is 5.78. The second-order valence-electron chi connectivity index (χ2n) is 3.52. The number of ether oxygens (including phenoxy) is 1. The van der Waals surface area contributed by atoms with E-state index in [1.807, 2.05) is 0 Å². The number of hydrogen-bond donors (Lipinski definition) is 2. The quantitative estimate of drug-likeness (QED) is 0.643. The maximum Gasteiger partial charge on any atom is 0.407 e. The molecule has 0 aliphatic carbocycles. The molecule has 1 aliphatic rings. The van der Waals surface area contributed by atoms with Crippen LogP contribution in [0.2, 0.25) is 0 Å². The predicted molar refractivity (Wildman–Crippen MR) is 54.5 cm³/mol. The van der Waals surface area contributed by atoms with Crippen LogP contribution < -0.4 is 11.5 Å². The average molecular weight is 230 g/mol. The Morgan fingerprint density at radius 3 is 2.44 bits per heavy atom. The van der Waals surface area contributed by atoms with Gasteiger partial charge in [0.15, 0.2) is 0 Å². The number of hydrogen-bond acceptors (Lipinski definition) is 3. The summed E-state index contributed by atoms with van der Waals surface area (Å²) in [4.78, 5) is 23.4. The number of carbonyl (C=O) groups is 2. The van der Waals surface area contributed by atoms with Crippen LogP contribution in [-0.2, 0) is 9.53 Å². The zero-order valence-electron chi connectivity index (χ0n) is 9.18. The Labute approximate surface area is 94.3 Å². The number of methoxy groups -OCH3 is 1. The molecule has 0 aromatic rings. The van der Waals surface area contributed by atoms with E-state index in [1.54, 1.807) is 0 Å². The molecule has 3 radical (unpaired) electrons. The van der Waals surface area contributed by atoms with Gasteiger partial charge in [-0.25, -0.2) is 4.79 Å². The zero-order valence-corrected chi connectivity index (χ0v) is 9.18. The van der Waals surface area contributed by atoms with Gasteiger partial charge in [-0.2, -0.15) is 0 Å². The van der Waals surface area contributed by atoms with Gasteiger partial charge in [-0.15, -0.1) is 0 Å². The molecule has 1 aliphatic heterocycles. The van der Waals surface area contributed by atoms with Crippen LogP contribution in [0.4, 0.5) is 4.79 Å². The van der Waals surface area contributed by atoms with E-state index < -0.39 is 6.09 Å². The first-order valence-corrected chi connectivity index (χ1v) is 4.89. The third-order valence-corrected chi connectivity index (χ3v) is 2.53. The van der Waals surface area contributed by atoms with Gasteiger partial charge < -0.3 is 20.1 Å². The van der Waals surface area contributed by atoms with E-state index in [0.717, 1.165) is 0 Å². The van der Waals surface area contributed by atoms with Crippen molar-refractivity contribution in [2.75, 3.05) is 26.9 Å². The molecule has 2 amide bonds. The van der Waals surface area contributed by atoms with E-state index in [1.165, 1.54) is 12.0 Å². The van der Waals surface area contributed by atoms with Gasteiger partial charge in [0.1, 0.15) is 6.73 Å². The first-order chi connectivity index (χ1) is 7.15. The Kier molecular flexibility index (Phi) is 6.43. The second-order valence-corrected chi connectivity index (χ2v) is 3.52. The van der Waals surface area contributed by atoms with Crippen LogP contribution in [0.5, 0.6) is 0 Å². The minimum atomic E-state index is -0.911. The number of carbonyl (C=O) groups excluding carboxylic acids is 1. The number of rotatable bonds is 3. The van der Waals surface area contributed by atoms with E-state index >= 15 is 0 Å². The van der Waals surface area contributed by atoms with Crippen molar-refractivity contribution in [3.8, 4) is 0 Å². The largest absolute Gasteiger partial charge is 0.465 e. The molecular formula is C9H16N3O4. The summed E-state index contributed by atoms with van der Waals surface area (Å²) in [7, 11) is 1.51. The van der Waals surface area contributed by atoms with Gasteiger partial charge in [0.05, 0.1) is 0 Å². The smallest absolute Gasteiger partial charge is 0.407 e. The van der Waals surface area contributed by atoms with Crippen molar-refractivity contribution in [3.05, 3.63) is 0 Å². The van der Waals surface area contributed by atoms with Crippen LogP contribution >= 0.6 is 0 Å². The van der Waals surface area contributed by atoms with Gasteiger partial charge in [-0.1, -0.05) is 0 Å². The molecule has 1 fully saturated rings. The Morgan fingerprint density at radius 2 is 2.00 bits per heavy atom. The van der Waals surface area contributed by atoms with Crippen molar-refractivity contribution < 1.29 is 19.4 Å². The van der Waals surface area contributed by atoms with Crippen LogP contribution in [0.15, 0.2) is 0 Å². The maximum absolute atomic E-state index is 11.5.